The Kier molecular flexibility index (Phi) is 4.18. The lowest BCUT2D eigenvalue weighted by molar-refractivity contribution is 0.0849. The molecule has 2 atom stereocenters. The van der Waals surface area contributed by atoms with Gasteiger partial charge in [0.15, 0.2) is 0 Å². The Morgan fingerprint density at radius 1 is 1.35 bits per heavy atom. The van der Waals surface area contributed by atoms with Gasteiger partial charge in [-0.05, 0) is 53.7 Å². The molecule has 3 nitrogen and oxygen atoms in total. The minimum absolute atomic E-state index is 0.0726. The maximum absolute atomic E-state index is 12.0. The van der Waals surface area contributed by atoms with E-state index < -0.39 is 0 Å². The molecule has 0 aromatic heterocycles. The number of nitrogens with one attached hydrogen (secondary N) is 1. The molecule has 1 saturated carbocycles. The standard InChI is InChI=1S/C13H16BrNO2/c14-12-7-2-1-6-11(12)13(17)15-9-4-3-5-10(16)8-9/h1-2,6-7,9-10,16H,3-5,8H2,(H,15,17)/t9-,10+/m0/s1. The van der Waals surface area contributed by atoms with Crippen molar-refractivity contribution >= 4 is 21.8 Å². The zero-order valence-electron chi connectivity index (χ0n) is 9.53. The summed E-state index contributed by atoms with van der Waals surface area (Å²) in [6.45, 7) is 0. The molecule has 1 aliphatic carbocycles. The summed E-state index contributed by atoms with van der Waals surface area (Å²) < 4.78 is 0.800. The number of carbonyl (C=O) groups excluding carboxylic acids is 1. The first-order chi connectivity index (χ1) is 8.16. The van der Waals surface area contributed by atoms with Gasteiger partial charge < -0.3 is 10.4 Å². The van der Waals surface area contributed by atoms with Crippen LogP contribution in [0.1, 0.15) is 36.0 Å². The molecular weight excluding hydrogens is 282 g/mol. The highest BCUT2D eigenvalue weighted by atomic mass is 79.9. The molecule has 17 heavy (non-hydrogen) atoms. The van der Waals surface area contributed by atoms with E-state index >= 15 is 0 Å². The number of aliphatic hydroxyl groups excluding tert-OH is 1. The first-order valence-corrected chi connectivity index (χ1v) is 6.69. The summed E-state index contributed by atoms with van der Waals surface area (Å²) in [6.07, 6.45) is 3.17. The third kappa shape index (κ3) is 3.30. The van der Waals surface area contributed by atoms with E-state index in [0.29, 0.717) is 12.0 Å². The van der Waals surface area contributed by atoms with Crippen molar-refractivity contribution in [3.8, 4) is 0 Å². The Balaban J connectivity index is 1.99. The fraction of sp³-hybridized carbons (Fsp3) is 0.462. The van der Waals surface area contributed by atoms with Gasteiger partial charge in [0.2, 0.25) is 0 Å². The molecule has 0 radical (unpaired) electrons. The second-order valence-electron chi connectivity index (χ2n) is 4.47. The van der Waals surface area contributed by atoms with Crippen LogP contribution in [0.3, 0.4) is 0 Å². The van der Waals surface area contributed by atoms with E-state index in [1.807, 2.05) is 18.2 Å². The van der Waals surface area contributed by atoms with E-state index in [1.165, 1.54) is 0 Å². The lowest BCUT2D eigenvalue weighted by Crippen LogP contribution is -2.39. The fourth-order valence-corrected chi connectivity index (χ4v) is 2.67. The quantitative estimate of drug-likeness (QED) is 0.881. The van der Waals surface area contributed by atoms with E-state index in [1.54, 1.807) is 6.07 Å². The Bertz CT molecular complexity index is 408. The summed E-state index contributed by atoms with van der Waals surface area (Å²) in [4.78, 5) is 12.0. The molecule has 0 unspecified atom stereocenters. The molecule has 1 aliphatic rings. The molecule has 0 bridgehead atoms. The van der Waals surface area contributed by atoms with E-state index in [0.717, 1.165) is 23.7 Å². The van der Waals surface area contributed by atoms with Gasteiger partial charge in [-0.1, -0.05) is 12.1 Å². The summed E-state index contributed by atoms with van der Waals surface area (Å²) in [6, 6.07) is 7.46. The van der Waals surface area contributed by atoms with Gasteiger partial charge in [0.05, 0.1) is 11.7 Å². The van der Waals surface area contributed by atoms with E-state index in [-0.39, 0.29) is 18.1 Å². The van der Waals surface area contributed by atoms with Gasteiger partial charge in [0.1, 0.15) is 0 Å². The van der Waals surface area contributed by atoms with Crippen LogP contribution < -0.4 is 5.32 Å². The van der Waals surface area contributed by atoms with Gasteiger partial charge in [0, 0.05) is 10.5 Å². The maximum Gasteiger partial charge on any atom is 0.252 e. The van der Waals surface area contributed by atoms with Crippen molar-refractivity contribution in [1.29, 1.82) is 0 Å². The van der Waals surface area contributed by atoms with Crippen molar-refractivity contribution in [2.75, 3.05) is 0 Å². The minimum Gasteiger partial charge on any atom is -0.393 e. The third-order valence-electron chi connectivity index (χ3n) is 3.10. The van der Waals surface area contributed by atoms with Crippen molar-refractivity contribution in [3.63, 3.8) is 0 Å². The molecule has 4 heteroatoms. The largest absolute Gasteiger partial charge is 0.393 e. The average Bonchev–Trinajstić information content (AvgIpc) is 2.29. The van der Waals surface area contributed by atoms with Crippen molar-refractivity contribution in [2.24, 2.45) is 0 Å². The zero-order valence-corrected chi connectivity index (χ0v) is 11.1. The molecule has 1 fully saturated rings. The van der Waals surface area contributed by atoms with Crippen molar-refractivity contribution in [2.45, 2.75) is 37.8 Å². The van der Waals surface area contributed by atoms with E-state index in [9.17, 15) is 9.90 Å². The Morgan fingerprint density at radius 3 is 2.82 bits per heavy atom. The summed E-state index contributed by atoms with van der Waals surface area (Å²) in [5.74, 6) is -0.0726. The highest BCUT2D eigenvalue weighted by Crippen LogP contribution is 2.20. The van der Waals surface area contributed by atoms with Crippen LogP contribution in [0.2, 0.25) is 0 Å². The fourth-order valence-electron chi connectivity index (χ4n) is 2.20. The molecule has 0 spiro atoms. The first-order valence-electron chi connectivity index (χ1n) is 5.90. The molecular formula is C13H16BrNO2. The molecule has 0 aliphatic heterocycles. The number of aliphatic hydroxyl groups is 1. The number of amides is 1. The van der Waals surface area contributed by atoms with Crippen LogP contribution in [0.4, 0.5) is 0 Å². The van der Waals surface area contributed by atoms with Gasteiger partial charge in [0.25, 0.3) is 5.91 Å². The van der Waals surface area contributed by atoms with E-state index in [2.05, 4.69) is 21.2 Å². The van der Waals surface area contributed by atoms with Crippen molar-refractivity contribution < 1.29 is 9.90 Å². The van der Waals surface area contributed by atoms with Crippen LogP contribution in [-0.4, -0.2) is 23.2 Å². The molecule has 2 rings (SSSR count). The molecule has 2 N–H and O–H groups in total. The third-order valence-corrected chi connectivity index (χ3v) is 3.79. The lowest BCUT2D eigenvalue weighted by Gasteiger charge is -2.26. The summed E-state index contributed by atoms with van der Waals surface area (Å²) in [5, 5.41) is 12.5. The van der Waals surface area contributed by atoms with Gasteiger partial charge in [-0.3, -0.25) is 4.79 Å². The average molecular weight is 298 g/mol. The van der Waals surface area contributed by atoms with Crippen LogP contribution in [0, 0.1) is 0 Å². The lowest BCUT2D eigenvalue weighted by atomic mass is 9.93. The maximum atomic E-state index is 12.0. The predicted octanol–water partition coefficient (Wildman–Crippen LogP) is 2.48. The molecule has 92 valence electrons. The monoisotopic (exact) mass is 297 g/mol. The summed E-state index contributed by atoms with van der Waals surface area (Å²) in [5.41, 5.74) is 0.646. The first kappa shape index (κ1) is 12.6. The van der Waals surface area contributed by atoms with Gasteiger partial charge >= 0.3 is 0 Å². The Hall–Kier alpha value is -0.870. The normalized spacial score (nSPS) is 24.4. The number of halogens is 1. The SMILES string of the molecule is O=C(N[C@H]1CCC[C@@H](O)C1)c1ccccc1Br. The van der Waals surface area contributed by atoms with Crippen LogP contribution in [0.15, 0.2) is 28.7 Å². The second-order valence-corrected chi connectivity index (χ2v) is 5.32. The van der Waals surface area contributed by atoms with Gasteiger partial charge in [-0.15, -0.1) is 0 Å². The van der Waals surface area contributed by atoms with Crippen LogP contribution in [0.5, 0.6) is 0 Å². The van der Waals surface area contributed by atoms with Crippen LogP contribution in [0.25, 0.3) is 0 Å². The highest BCUT2D eigenvalue weighted by molar-refractivity contribution is 9.10. The second kappa shape index (κ2) is 5.65. The Labute approximate surface area is 109 Å². The smallest absolute Gasteiger partial charge is 0.252 e. The van der Waals surface area contributed by atoms with Crippen LogP contribution in [-0.2, 0) is 0 Å². The van der Waals surface area contributed by atoms with Crippen molar-refractivity contribution in [1.82, 2.24) is 5.32 Å². The van der Waals surface area contributed by atoms with Gasteiger partial charge in [-0.2, -0.15) is 0 Å². The topological polar surface area (TPSA) is 49.3 Å². The molecule has 0 saturated heterocycles. The summed E-state index contributed by atoms with van der Waals surface area (Å²) in [7, 11) is 0. The number of benzene rings is 1. The van der Waals surface area contributed by atoms with Crippen molar-refractivity contribution in [3.05, 3.63) is 34.3 Å². The Morgan fingerprint density at radius 2 is 2.12 bits per heavy atom. The highest BCUT2D eigenvalue weighted by Gasteiger charge is 2.22. The number of hydrogen-bond donors (Lipinski definition) is 2. The van der Waals surface area contributed by atoms with Crippen LogP contribution >= 0.6 is 15.9 Å². The molecule has 0 heterocycles. The zero-order chi connectivity index (χ0) is 12.3. The number of hydrogen-bond acceptors (Lipinski definition) is 2. The number of rotatable bonds is 2. The van der Waals surface area contributed by atoms with E-state index in [4.69, 9.17) is 0 Å². The minimum atomic E-state index is -0.270. The van der Waals surface area contributed by atoms with Gasteiger partial charge in [-0.25, -0.2) is 0 Å². The summed E-state index contributed by atoms with van der Waals surface area (Å²) >= 11 is 3.36. The predicted molar refractivity (Wildman–Crippen MR) is 69.9 cm³/mol. The molecule has 1 aromatic rings. The molecule has 1 amide bonds. The molecule has 1 aromatic carbocycles. The number of carbonyl (C=O) groups is 1.